The molecule has 28 heavy (non-hydrogen) atoms. The summed E-state index contributed by atoms with van der Waals surface area (Å²) in [5.74, 6) is -0.481. The molecule has 0 unspecified atom stereocenters. The number of thiophene rings is 1. The molecule has 1 aliphatic rings. The van der Waals surface area contributed by atoms with E-state index in [2.05, 4.69) is 4.72 Å². The standard InChI is InChI=1S/C19H22N2O5S2/c1-2-26-19(23)15-9-11-21(12-10-15)18(22)14-5-7-16(8-6-14)20-28(24,25)17-4-3-13-27-17/h3-8,13,15,20H,2,9-12H2,1H3. The molecule has 0 aliphatic carbocycles. The molecule has 2 aromatic rings. The molecule has 1 saturated heterocycles. The van der Waals surface area contributed by atoms with Gasteiger partial charge in [-0.3, -0.25) is 14.3 Å². The maximum atomic E-state index is 12.7. The first-order valence-electron chi connectivity index (χ1n) is 9.03. The molecule has 1 fully saturated rings. The van der Waals surface area contributed by atoms with Crippen LogP contribution >= 0.6 is 11.3 Å². The lowest BCUT2D eigenvalue weighted by Crippen LogP contribution is -2.40. The van der Waals surface area contributed by atoms with Crippen LogP contribution in [0.2, 0.25) is 0 Å². The zero-order chi connectivity index (χ0) is 20.1. The molecule has 0 radical (unpaired) electrons. The Morgan fingerprint density at radius 2 is 1.86 bits per heavy atom. The number of hydrogen-bond donors (Lipinski definition) is 1. The Bertz CT molecular complexity index is 916. The number of esters is 1. The number of sulfonamides is 1. The molecule has 1 aromatic carbocycles. The van der Waals surface area contributed by atoms with E-state index >= 15 is 0 Å². The lowest BCUT2D eigenvalue weighted by molar-refractivity contribution is -0.149. The Kier molecular flexibility index (Phi) is 6.35. The van der Waals surface area contributed by atoms with E-state index in [4.69, 9.17) is 4.74 Å². The van der Waals surface area contributed by atoms with Crippen molar-refractivity contribution in [2.24, 2.45) is 5.92 Å². The Labute approximate surface area is 168 Å². The normalized spacial score (nSPS) is 15.2. The Morgan fingerprint density at radius 1 is 1.18 bits per heavy atom. The van der Waals surface area contributed by atoms with Crippen molar-refractivity contribution in [1.82, 2.24) is 4.90 Å². The molecule has 0 spiro atoms. The Balaban J connectivity index is 1.59. The quantitative estimate of drug-likeness (QED) is 0.723. The summed E-state index contributed by atoms with van der Waals surface area (Å²) in [5, 5.41) is 1.70. The third-order valence-electron chi connectivity index (χ3n) is 4.55. The SMILES string of the molecule is CCOC(=O)C1CCN(C(=O)c2ccc(NS(=O)(=O)c3cccs3)cc2)CC1. The summed E-state index contributed by atoms with van der Waals surface area (Å²) in [6, 6.07) is 9.56. The van der Waals surface area contributed by atoms with E-state index in [1.807, 2.05) is 0 Å². The number of likely N-dealkylation sites (tertiary alicyclic amines) is 1. The molecule has 7 nitrogen and oxygen atoms in total. The van der Waals surface area contributed by atoms with E-state index in [0.717, 1.165) is 11.3 Å². The highest BCUT2D eigenvalue weighted by molar-refractivity contribution is 7.94. The minimum absolute atomic E-state index is 0.130. The smallest absolute Gasteiger partial charge is 0.309 e. The monoisotopic (exact) mass is 422 g/mol. The lowest BCUT2D eigenvalue weighted by atomic mass is 9.96. The van der Waals surface area contributed by atoms with Crippen LogP contribution in [0.25, 0.3) is 0 Å². The summed E-state index contributed by atoms with van der Waals surface area (Å²) in [6.07, 6.45) is 1.17. The number of carbonyl (C=O) groups is 2. The highest BCUT2D eigenvalue weighted by atomic mass is 32.2. The third-order valence-corrected chi connectivity index (χ3v) is 7.32. The van der Waals surface area contributed by atoms with Crippen LogP contribution in [-0.2, 0) is 19.6 Å². The van der Waals surface area contributed by atoms with Gasteiger partial charge < -0.3 is 9.64 Å². The lowest BCUT2D eigenvalue weighted by Gasteiger charge is -2.31. The van der Waals surface area contributed by atoms with Gasteiger partial charge in [-0.15, -0.1) is 11.3 Å². The average Bonchev–Trinajstić information content (AvgIpc) is 3.24. The van der Waals surface area contributed by atoms with Crippen LogP contribution < -0.4 is 4.72 Å². The number of piperidine rings is 1. The molecule has 1 aromatic heterocycles. The summed E-state index contributed by atoms with van der Waals surface area (Å²) in [5.41, 5.74) is 0.875. The number of benzene rings is 1. The molecule has 2 heterocycles. The van der Waals surface area contributed by atoms with Crippen LogP contribution in [-0.4, -0.2) is 44.9 Å². The fourth-order valence-corrected chi connectivity index (χ4v) is 5.12. The molecule has 1 N–H and O–H groups in total. The second-order valence-corrected chi connectivity index (χ2v) is 9.29. The number of nitrogens with one attached hydrogen (secondary N) is 1. The second kappa shape index (κ2) is 8.74. The fourth-order valence-electron chi connectivity index (χ4n) is 3.06. The summed E-state index contributed by atoms with van der Waals surface area (Å²) < 4.78 is 32.3. The van der Waals surface area contributed by atoms with Gasteiger partial charge in [-0.05, 0) is 55.5 Å². The van der Waals surface area contributed by atoms with E-state index in [1.54, 1.807) is 47.5 Å². The van der Waals surface area contributed by atoms with E-state index in [0.29, 0.717) is 43.8 Å². The van der Waals surface area contributed by atoms with Gasteiger partial charge in [-0.2, -0.15) is 0 Å². The molecule has 1 amide bonds. The Morgan fingerprint density at radius 3 is 2.43 bits per heavy atom. The van der Waals surface area contributed by atoms with E-state index in [1.165, 1.54) is 6.07 Å². The van der Waals surface area contributed by atoms with Crippen LogP contribution in [0.3, 0.4) is 0 Å². The van der Waals surface area contributed by atoms with Crippen LogP contribution in [0.15, 0.2) is 46.0 Å². The van der Waals surface area contributed by atoms with Gasteiger partial charge in [0, 0.05) is 24.3 Å². The van der Waals surface area contributed by atoms with Crippen LogP contribution in [0.5, 0.6) is 0 Å². The maximum absolute atomic E-state index is 12.7. The fraction of sp³-hybridized carbons (Fsp3) is 0.368. The zero-order valence-corrected chi connectivity index (χ0v) is 17.1. The van der Waals surface area contributed by atoms with Crippen molar-refractivity contribution in [2.45, 2.75) is 24.0 Å². The molecule has 0 atom stereocenters. The van der Waals surface area contributed by atoms with Gasteiger partial charge in [0.15, 0.2) is 0 Å². The van der Waals surface area contributed by atoms with Crippen LogP contribution in [0.1, 0.15) is 30.1 Å². The van der Waals surface area contributed by atoms with E-state index in [9.17, 15) is 18.0 Å². The van der Waals surface area contributed by atoms with Crippen molar-refractivity contribution in [1.29, 1.82) is 0 Å². The minimum atomic E-state index is -3.61. The topological polar surface area (TPSA) is 92.8 Å². The molecule has 0 bridgehead atoms. The number of rotatable bonds is 6. The average molecular weight is 423 g/mol. The number of nitrogens with zero attached hydrogens (tertiary/aromatic N) is 1. The van der Waals surface area contributed by atoms with Crippen molar-refractivity contribution < 1.29 is 22.7 Å². The van der Waals surface area contributed by atoms with Crippen molar-refractivity contribution in [3.8, 4) is 0 Å². The van der Waals surface area contributed by atoms with Gasteiger partial charge in [0.25, 0.3) is 15.9 Å². The minimum Gasteiger partial charge on any atom is -0.466 e. The first-order valence-corrected chi connectivity index (χ1v) is 11.4. The van der Waals surface area contributed by atoms with Crippen molar-refractivity contribution in [3.63, 3.8) is 0 Å². The first-order chi connectivity index (χ1) is 13.4. The van der Waals surface area contributed by atoms with E-state index < -0.39 is 10.0 Å². The summed E-state index contributed by atoms with van der Waals surface area (Å²) in [7, 11) is -3.61. The molecule has 3 rings (SSSR count). The molecular weight excluding hydrogens is 400 g/mol. The molecule has 1 aliphatic heterocycles. The van der Waals surface area contributed by atoms with Crippen molar-refractivity contribution in [3.05, 3.63) is 47.3 Å². The first kappa shape index (κ1) is 20.3. The molecule has 150 valence electrons. The van der Waals surface area contributed by atoms with Crippen LogP contribution in [0, 0.1) is 5.92 Å². The van der Waals surface area contributed by atoms with Gasteiger partial charge in [0.05, 0.1) is 12.5 Å². The van der Waals surface area contributed by atoms with Gasteiger partial charge >= 0.3 is 5.97 Å². The zero-order valence-electron chi connectivity index (χ0n) is 15.5. The number of hydrogen-bond acceptors (Lipinski definition) is 6. The number of amides is 1. The number of carbonyl (C=O) groups excluding carboxylic acids is 2. The molecule has 0 saturated carbocycles. The number of anilines is 1. The number of ether oxygens (including phenoxy) is 1. The summed E-state index contributed by atoms with van der Waals surface area (Å²) in [6.45, 7) is 3.13. The van der Waals surface area contributed by atoms with Crippen molar-refractivity contribution >= 4 is 38.9 Å². The van der Waals surface area contributed by atoms with Crippen molar-refractivity contribution in [2.75, 3.05) is 24.4 Å². The highest BCUT2D eigenvalue weighted by Gasteiger charge is 2.28. The maximum Gasteiger partial charge on any atom is 0.309 e. The predicted octanol–water partition coefficient (Wildman–Crippen LogP) is 2.96. The van der Waals surface area contributed by atoms with Gasteiger partial charge in [0.2, 0.25) is 0 Å². The van der Waals surface area contributed by atoms with Gasteiger partial charge in [-0.25, -0.2) is 8.42 Å². The largest absolute Gasteiger partial charge is 0.466 e. The highest BCUT2D eigenvalue weighted by Crippen LogP contribution is 2.23. The summed E-state index contributed by atoms with van der Waals surface area (Å²) >= 11 is 1.14. The third kappa shape index (κ3) is 4.71. The van der Waals surface area contributed by atoms with Gasteiger partial charge in [-0.1, -0.05) is 6.07 Å². The summed E-state index contributed by atoms with van der Waals surface area (Å²) in [4.78, 5) is 26.2. The predicted molar refractivity (Wildman–Crippen MR) is 107 cm³/mol. The molecule has 9 heteroatoms. The second-order valence-electron chi connectivity index (χ2n) is 6.43. The van der Waals surface area contributed by atoms with E-state index in [-0.39, 0.29) is 22.0 Å². The van der Waals surface area contributed by atoms with Crippen LogP contribution in [0.4, 0.5) is 5.69 Å². The Hall–Kier alpha value is -2.39. The molecular formula is C19H22N2O5S2. The van der Waals surface area contributed by atoms with Gasteiger partial charge in [0.1, 0.15) is 4.21 Å².